The number of anilines is 1. The van der Waals surface area contributed by atoms with Crippen molar-refractivity contribution in [1.29, 1.82) is 0 Å². The van der Waals surface area contributed by atoms with Gasteiger partial charge in [0.15, 0.2) is 0 Å². The summed E-state index contributed by atoms with van der Waals surface area (Å²) in [5, 5.41) is 14.7. The number of hydrogen-bond donors (Lipinski definition) is 1. The van der Waals surface area contributed by atoms with Gasteiger partial charge in [0.1, 0.15) is 5.69 Å². The van der Waals surface area contributed by atoms with Crippen molar-refractivity contribution in [2.45, 2.75) is 26.3 Å². The Morgan fingerprint density at radius 1 is 1.13 bits per heavy atom. The second kappa shape index (κ2) is 9.91. The van der Waals surface area contributed by atoms with Gasteiger partial charge in [-0.15, -0.1) is 0 Å². The second-order valence-electron chi connectivity index (χ2n) is 7.44. The summed E-state index contributed by atoms with van der Waals surface area (Å²) < 4.78 is 0.952. The summed E-state index contributed by atoms with van der Waals surface area (Å²) in [6, 6.07) is 12.1. The van der Waals surface area contributed by atoms with Crippen LogP contribution in [0.1, 0.15) is 42.2 Å². The van der Waals surface area contributed by atoms with Crippen molar-refractivity contribution >= 4 is 39.1 Å². The topological polar surface area (TPSA) is 95.8 Å². The third kappa shape index (κ3) is 5.41. The van der Waals surface area contributed by atoms with Gasteiger partial charge in [0.25, 0.3) is 11.6 Å². The Balaban J connectivity index is 1.78. The second-order valence-corrected chi connectivity index (χ2v) is 8.36. The average molecular weight is 489 g/mol. The first-order valence-electron chi connectivity index (χ1n) is 10.2. The van der Waals surface area contributed by atoms with Crippen LogP contribution in [0.2, 0.25) is 0 Å². The van der Waals surface area contributed by atoms with E-state index in [2.05, 4.69) is 21.2 Å². The molecule has 8 nitrogen and oxygen atoms in total. The largest absolute Gasteiger partial charge is 0.362 e. The first kappa shape index (κ1) is 22.7. The number of nitro groups is 1. The number of carbonyl (C=O) groups is 2. The van der Waals surface area contributed by atoms with Crippen LogP contribution in [0.5, 0.6) is 0 Å². The summed E-state index contributed by atoms with van der Waals surface area (Å²) in [6.45, 7) is 5.53. The number of nitrogens with zero attached hydrogens (tertiary/aromatic N) is 3. The van der Waals surface area contributed by atoms with Crippen molar-refractivity contribution in [3.05, 3.63) is 68.2 Å². The standard InChI is InChI=1S/C22H25BrN4O4/c1-3-19(16-4-7-18(23)8-5-16)24-22(29)17-6-9-20(21(14-17)27(30)31)26-12-10-25(11-13-26)15(2)28/h4-9,14,19H,3,10-13H2,1-2H3,(H,24,29). The minimum atomic E-state index is -0.463. The molecular weight excluding hydrogens is 464 g/mol. The van der Waals surface area contributed by atoms with Crippen LogP contribution < -0.4 is 10.2 Å². The molecule has 1 saturated heterocycles. The van der Waals surface area contributed by atoms with Crippen molar-refractivity contribution < 1.29 is 14.5 Å². The molecule has 164 valence electrons. The van der Waals surface area contributed by atoms with Crippen LogP contribution in [0.4, 0.5) is 11.4 Å². The van der Waals surface area contributed by atoms with Gasteiger partial charge in [0.05, 0.1) is 11.0 Å². The number of nitro benzene ring substituents is 1. The first-order valence-corrected chi connectivity index (χ1v) is 10.9. The molecule has 0 aromatic heterocycles. The lowest BCUT2D eigenvalue weighted by molar-refractivity contribution is -0.384. The van der Waals surface area contributed by atoms with E-state index in [1.54, 1.807) is 17.0 Å². The Morgan fingerprint density at radius 3 is 2.32 bits per heavy atom. The van der Waals surface area contributed by atoms with Gasteiger partial charge >= 0.3 is 0 Å². The van der Waals surface area contributed by atoms with Crippen LogP contribution in [0, 0.1) is 10.1 Å². The molecule has 9 heteroatoms. The van der Waals surface area contributed by atoms with Crippen LogP contribution >= 0.6 is 15.9 Å². The Hall–Kier alpha value is -2.94. The van der Waals surface area contributed by atoms with E-state index in [4.69, 9.17) is 0 Å². The lowest BCUT2D eigenvalue weighted by Gasteiger charge is -2.35. The molecule has 0 spiro atoms. The summed E-state index contributed by atoms with van der Waals surface area (Å²) in [4.78, 5) is 39.2. The van der Waals surface area contributed by atoms with E-state index >= 15 is 0 Å². The number of rotatable bonds is 6. The van der Waals surface area contributed by atoms with Crippen LogP contribution in [0.15, 0.2) is 46.9 Å². The van der Waals surface area contributed by atoms with Crippen molar-refractivity contribution in [3.63, 3.8) is 0 Å². The van der Waals surface area contributed by atoms with E-state index in [1.807, 2.05) is 36.1 Å². The molecule has 2 aromatic rings. The zero-order chi connectivity index (χ0) is 22.5. The third-order valence-electron chi connectivity index (χ3n) is 5.49. The van der Waals surface area contributed by atoms with E-state index in [0.29, 0.717) is 38.3 Å². The van der Waals surface area contributed by atoms with Crippen LogP contribution in [0.25, 0.3) is 0 Å². The fourth-order valence-electron chi connectivity index (χ4n) is 3.70. The van der Waals surface area contributed by atoms with Gasteiger partial charge in [0, 0.05) is 49.2 Å². The zero-order valence-corrected chi connectivity index (χ0v) is 19.1. The molecule has 0 saturated carbocycles. The maximum atomic E-state index is 12.8. The lowest BCUT2D eigenvalue weighted by atomic mass is 10.0. The minimum Gasteiger partial charge on any atom is -0.362 e. The van der Waals surface area contributed by atoms with Gasteiger partial charge in [0.2, 0.25) is 5.91 Å². The normalized spacial score (nSPS) is 14.8. The molecule has 1 unspecified atom stereocenters. The van der Waals surface area contributed by atoms with Gasteiger partial charge < -0.3 is 15.1 Å². The molecule has 0 bridgehead atoms. The van der Waals surface area contributed by atoms with Crippen LogP contribution in [-0.4, -0.2) is 47.8 Å². The van der Waals surface area contributed by atoms with E-state index < -0.39 is 4.92 Å². The third-order valence-corrected chi connectivity index (χ3v) is 6.01. The van der Waals surface area contributed by atoms with Gasteiger partial charge in [-0.05, 0) is 36.2 Å². The summed E-state index contributed by atoms with van der Waals surface area (Å²) in [6.07, 6.45) is 0.688. The highest BCUT2D eigenvalue weighted by molar-refractivity contribution is 9.10. The quantitative estimate of drug-likeness (QED) is 0.491. The number of halogens is 1. The summed E-state index contributed by atoms with van der Waals surface area (Å²) >= 11 is 3.40. The molecule has 0 radical (unpaired) electrons. The van der Waals surface area contributed by atoms with Crippen LogP contribution in [-0.2, 0) is 4.79 Å². The molecule has 1 fully saturated rings. The van der Waals surface area contributed by atoms with E-state index in [0.717, 1.165) is 10.0 Å². The highest BCUT2D eigenvalue weighted by atomic mass is 79.9. The van der Waals surface area contributed by atoms with Crippen molar-refractivity contribution in [3.8, 4) is 0 Å². The predicted octanol–water partition coefficient (Wildman–Crippen LogP) is 3.91. The van der Waals surface area contributed by atoms with Gasteiger partial charge in [-0.1, -0.05) is 35.0 Å². The summed E-state index contributed by atoms with van der Waals surface area (Å²) in [5.41, 5.74) is 1.56. The maximum absolute atomic E-state index is 12.8. The Bertz CT molecular complexity index is 972. The summed E-state index contributed by atoms with van der Waals surface area (Å²) in [5.74, 6) is -0.358. The summed E-state index contributed by atoms with van der Waals surface area (Å²) in [7, 11) is 0. The average Bonchev–Trinajstić information content (AvgIpc) is 2.77. The number of piperazine rings is 1. The monoisotopic (exact) mass is 488 g/mol. The molecule has 3 rings (SSSR count). The Labute approximate surface area is 189 Å². The molecule has 31 heavy (non-hydrogen) atoms. The molecule has 0 aliphatic carbocycles. The van der Waals surface area contributed by atoms with E-state index in [-0.39, 0.29) is 29.1 Å². The number of carbonyl (C=O) groups excluding carboxylic acids is 2. The smallest absolute Gasteiger partial charge is 0.293 e. The Kier molecular flexibility index (Phi) is 7.27. The van der Waals surface area contributed by atoms with Crippen molar-refractivity contribution in [2.75, 3.05) is 31.1 Å². The van der Waals surface area contributed by atoms with Crippen molar-refractivity contribution in [1.82, 2.24) is 10.2 Å². The molecule has 2 amide bonds. The molecule has 1 heterocycles. The van der Waals surface area contributed by atoms with Gasteiger partial charge in [-0.2, -0.15) is 0 Å². The van der Waals surface area contributed by atoms with Gasteiger partial charge in [-0.3, -0.25) is 19.7 Å². The van der Waals surface area contributed by atoms with Crippen molar-refractivity contribution in [2.24, 2.45) is 0 Å². The maximum Gasteiger partial charge on any atom is 0.293 e. The molecule has 1 atom stereocenters. The first-order chi connectivity index (χ1) is 14.8. The van der Waals surface area contributed by atoms with E-state index in [9.17, 15) is 19.7 Å². The SMILES string of the molecule is CCC(NC(=O)c1ccc(N2CCN(C(C)=O)CC2)c([N+](=O)[O-])c1)c1ccc(Br)cc1. The lowest BCUT2D eigenvalue weighted by Crippen LogP contribution is -2.48. The number of nitrogens with one attached hydrogen (secondary N) is 1. The highest BCUT2D eigenvalue weighted by Crippen LogP contribution is 2.30. The molecular formula is C22H25BrN4O4. The zero-order valence-electron chi connectivity index (χ0n) is 17.5. The molecule has 2 aromatic carbocycles. The molecule has 1 aliphatic heterocycles. The predicted molar refractivity (Wildman–Crippen MR) is 122 cm³/mol. The number of amides is 2. The number of benzene rings is 2. The number of hydrogen-bond acceptors (Lipinski definition) is 5. The van der Waals surface area contributed by atoms with Gasteiger partial charge in [-0.25, -0.2) is 0 Å². The fourth-order valence-corrected chi connectivity index (χ4v) is 3.96. The fraction of sp³-hybridized carbons (Fsp3) is 0.364. The van der Waals surface area contributed by atoms with E-state index in [1.165, 1.54) is 13.0 Å². The Morgan fingerprint density at radius 2 is 1.77 bits per heavy atom. The minimum absolute atomic E-state index is 0.00239. The highest BCUT2D eigenvalue weighted by Gasteiger charge is 2.26. The van der Waals surface area contributed by atoms with Crippen LogP contribution in [0.3, 0.4) is 0 Å². The molecule has 1 aliphatic rings. The molecule has 1 N–H and O–H groups in total.